The van der Waals surface area contributed by atoms with Gasteiger partial charge in [-0.1, -0.05) is 66.1 Å². The van der Waals surface area contributed by atoms with Crippen LogP contribution >= 0.6 is 0 Å². The first-order valence-corrected chi connectivity index (χ1v) is 9.47. The Hall–Kier alpha value is -2.62. The van der Waals surface area contributed by atoms with Gasteiger partial charge >= 0.3 is 0 Å². The first-order chi connectivity index (χ1) is 12.8. The normalized spacial score (nSPS) is 11.7. The minimum absolute atomic E-state index is 0.0306. The average molecular weight is 367 g/mol. The monoisotopic (exact) mass is 366 g/mol. The molecule has 0 bridgehead atoms. The van der Waals surface area contributed by atoms with E-state index in [1.54, 1.807) is 11.9 Å². The van der Waals surface area contributed by atoms with Gasteiger partial charge in [0.05, 0.1) is 6.42 Å². The van der Waals surface area contributed by atoms with Crippen LogP contribution in [0.3, 0.4) is 0 Å². The van der Waals surface area contributed by atoms with E-state index in [1.165, 1.54) is 0 Å². The van der Waals surface area contributed by atoms with E-state index in [2.05, 4.69) is 17.4 Å². The van der Waals surface area contributed by atoms with E-state index in [0.29, 0.717) is 19.4 Å². The van der Waals surface area contributed by atoms with Gasteiger partial charge in [0.15, 0.2) is 0 Å². The van der Waals surface area contributed by atoms with Crippen molar-refractivity contribution < 1.29 is 9.59 Å². The number of hydrogen-bond acceptors (Lipinski definition) is 2. The topological polar surface area (TPSA) is 49.4 Å². The molecule has 0 aromatic heterocycles. The van der Waals surface area contributed by atoms with Gasteiger partial charge < -0.3 is 10.2 Å². The Morgan fingerprint density at radius 2 is 1.59 bits per heavy atom. The van der Waals surface area contributed by atoms with Gasteiger partial charge in [-0.15, -0.1) is 0 Å². The number of likely N-dealkylation sites (N-methyl/N-ethyl adjacent to an activating group) is 1. The molecule has 0 spiro atoms. The summed E-state index contributed by atoms with van der Waals surface area (Å²) in [6.45, 7) is 8.46. The summed E-state index contributed by atoms with van der Waals surface area (Å²) in [5.74, 6) is -0.157. The highest BCUT2D eigenvalue weighted by molar-refractivity contribution is 5.88. The Morgan fingerprint density at radius 3 is 2.15 bits per heavy atom. The van der Waals surface area contributed by atoms with Crippen molar-refractivity contribution in [1.29, 1.82) is 0 Å². The SMILES string of the molecule is CC[C@H](C(=O)NC)N(Cc1cccc(C)c1)C(=O)Cc1cc(C)cc(C)c1. The summed E-state index contributed by atoms with van der Waals surface area (Å²) in [4.78, 5) is 27.3. The smallest absolute Gasteiger partial charge is 0.242 e. The van der Waals surface area contributed by atoms with Gasteiger partial charge in [0.25, 0.3) is 0 Å². The van der Waals surface area contributed by atoms with E-state index in [4.69, 9.17) is 0 Å². The third kappa shape index (κ3) is 5.68. The molecule has 2 aromatic carbocycles. The van der Waals surface area contributed by atoms with Crippen LogP contribution in [0.1, 0.15) is 41.2 Å². The quantitative estimate of drug-likeness (QED) is 0.812. The molecule has 2 aromatic rings. The Labute approximate surface area is 162 Å². The van der Waals surface area contributed by atoms with Crippen LogP contribution < -0.4 is 5.32 Å². The van der Waals surface area contributed by atoms with Crippen molar-refractivity contribution in [3.05, 3.63) is 70.3 Å². The zero-order chi connectivity index (χ0) is 20.0. The maximum Gasteiger partial charge on any atom is 0.242 e. The lowest BCUT2D eigenvalue weighted by molar-refractivity contribution is -0.140. The fourth-order valence-corrected chi connectivity index (χ4v) is 3.54. The summed E-state index contributed by atoms with van der Waals surface area (Å²) in [7, 11) is 1.62. The van der Waals surface area contributed by atoms with Crippen LogP contribution in [0, 0.1) is 20.8 Å². The van der Waals surface area contributed by atoms with E-state index in [-0.39, 0.29) is 11.8 Å². The van der Waals surface area contributed by atoms with Crippen molar-refractivity contribution in [2.45, 2.75) is 53.1 Å². The molecule has 0 radical (unpaired) electrons. The van der Waals surface area contributed by atoms with Gasteiger partial charge in [-0.05, 0) is 38.3 Å². The molecule has 4 heteroatoms. The van der Waals surface area contributed by atoms with Crippen molar-refractivity contribution >= 4 is 11.8 Å². The lowest BCUT2D eigenvalue weighted by atomic mass is 10.0. The van der Waals surface area contributed by atoms with Crippen LogP contribution in [0.5, 0.6) is 0 Å². The van der Waals surface area contributed by atoms with Gasteiger partial charge in [-0.3, -0.25) is 9.59 Å². The summed E-state index contributed by atoms with van der Waals surface area (Å²) in [6.07, 6.45) is 0.867. The van der Waals surface area contributed by atoms with E-state index >= 15 is 0 Å². The summed E-state index contributed by atoms with van der Waals surface area (Å²) in [5, 5.41) is 2.70. The number of nitrogens with zero attached hydrogens (tertiary/aromatic N) is 1. The highest BCUT2D eigenvalue weighted by atomic mass is 16.2. The van der Waals surface area contributed by atoms with E-state index in [1.807, 2.05) is 58.0 Å². The van der Waals surface area contributed by atoms with Crippen LogP contribution in [0.4, 0.5) is 0 Å². The molecule has 27 heavy (non-hydrogen) atoms. The molecule has 0 saturated heterocycles. The number of aryl methyl sites for hydroxylation is 3. The van der Waals surface area contributed by atoms with Crippen molar-refractivity contribution in [2.75, 3.05) is 7.05 Å². The molecule has 0 unspecified atom stereocenters. The van der Waals surface area contributed by atoms with Crippen LogP contribution in [0.25, 0.3) is 0 Å². The number of rotatable bonds is 7. The van der Waals surface area contributed by atoms with Crippen LogP contribution in [0.2, 0.25) is 0 Å². The van der Waals surface area contributed by atoms with E-state index < -0.39 is 6.04 Å². The standard InChI is InChI=1S/C23H30N2O2/c1-6-21(23(27)24-5)25(15-19-9-7-8-16(2)11-19)22(26)14-20-12-17(3)10-18(4)13-20/h7-13,21H,6,14-15H2,1-5H3,(H,24,27)/t21-/m1/s1. The molecule has 0 aliphatic heterocycles. The lowest BCUT2D eigenvalue weighted by Crippen LogP contribution is -2.48. The Balaban J connectivity index is 2.31. The number of carbonyl (C=O) groups excluding carboxylic acids is 2. The largest absolute Gasteiger partial charge is 0.357 e. The molecule has 2 amide bonds. The molecular weight excluding hydrogens is 336 g/mol. The zero-order valence-corrected chi connectivity index (χ0v) is 17.0. The summed E-state index contributed by atoms with van der Waals surface area (Å²) in [5.41, 5.74) is 5.44. The molecule has 4 nitrogen and oxygen atoms in total. The maximum atomic E-state index is 13.2. The molecule has 1 N–H and O–H groups in total. The number of carbonyl (C=O) groups is 2. The third-order valence-corrected chi connectivity index (χ3v) is 4.70. The lowest BCUT2D eigenvalue weighted by Gasteiger charge is -2.30. The number of nitrogens with one attached hydrogen (secondary N) is 1. The van der Waals surface area contributed by atoms with E-state index in [0.717, 1.165) is 27.8 Å². The van der Waals surface area contributed by atoms with Gasteiger partial charge in [0.2, 0.25) is 11.8 Å². The Morgan fingerprint density at radius 1 is 0.963 bits per heavy atom. The fourth-order valence-electron chi connectivity index (χ4n) is 3.54. The zero-order valence-electron chi connectivity index (χ0n) is 17.0. The highest BCUT2D eigenvalue weighted by Gasteiger charge is 2.28. The van der Waals surface area contributed by atoms with Crippen molar-refractivity contribution in [1.82, 2.24) is 10.2 Å². The molecule has 144 valence electrons. The van der Waals surface area contributed by atoms with Gasteiger partial charge in [0.1, 0.15) is 6.04 Å². The molecule has 0 heterocycles. The van der Waals surface area contributed by atoms with E-state index in [9.17, 15) is 9.59 Å². The van der Waals surface area contributed by atoms with Crippen LogP contribution in [0.15, 0.2) is 42.5 Å². The summed E-state index contributed by atoms with van der Waals surface area (Å²) in [6, 6.07) is 13.8. The van der Waals surface area contributed by atoms with Crippen molar-refractivity contribution in [3.8, 4) is 0 Å². The molecule has 0 fully saturated rings. The van der Waals surface area contributed by atoms with Gasteiger partial charge in [-0.25, -0.2) is 0 Å². The molecule has 0 aliphatic carbocycles. The molecule has 1 atom stereocenters. The minimum Gasteiger partial charge on any atom is -0.357 e. The number of benzene rings is 2. The third-order valence-electron chi connectivity index (χ3n) is 4.70. The minimum atomic E-state index is -0.478. The average Bonchev–Trinajstić information content (AvgIpc) is 2.60. The summed E-state index contributed by atoms with van der Waals surface area (Å²) >= 11 is 0. The maximum absolute atomic E-state index is 13.2. The van der Waals surface area contributed by atoms with Crippen LogP contribution in [-0.4, -0.2) is 29.8 Å². The predicted molar refractivity (Wildman–Crippen MR) is 109 cm³/mol. The fraction of sp³-hybridized carbons (Fsp3) is 0.391. The Kier molecular flexibility index (Phi) is 7.17. The van der Waals surface area contributed by atoms with Gasteiger partial charge in [0, 0.05) is 13.6 Å². The van der Waals surface area contributed by atoms with Crippen molar-refractivity contribution in [2.24, 2.45) is 0 Å². The highest BCUT2D eigenvalue weighted by Crippen LogP contribution is 2.17. The van der Waals surface area contributed by atoms with Gasteiger partial charge in [-0.2, -0.15) is 0 Å². The first-order valence-electron chi connectivity index (χ1n) is 9.47. The number of hydrogen-bond donors (Lipinski definition) is 1. The summed E-state index contributed by atoms with van der Waals surface area (Å²) < 4.78 is 0. The predicted octanol–water partition coefficient (Wildman–Crippen LogP) is 3.71. The molecular formula is C23H30N2O2. The van der Waals surface area contributed by atoms with Crippen LogP contribution in [-0.2, 0) is 22.6 Å². The second-order valence-corrected chi connectivity index (χ2v) is 7.22. The molecule has 0 saturated carbocycles. The first kappa shape index (κ1) is 20.7. The molecule has 2 rings (SSSR count). The second-order valence-electron chi connectivity index (χ2n) is 7.22. The second kappa shape index (κ2) is 9.36. The Bertz CT molecular complexity index is 794. The molecule has 0 aliphatic rings. The number of amides is 2. The van der Waals surface area contributed by atoms with Crippen molar-refractivity contribution in [3.63, 3.8) is 0 Å².